The van der Waals surface area contributed by atoms with Gasteiger partial charge in [-0.05, 0) is 46.3 Å². The van der Waals surface area contributed by atoms with Gasteiger partial charge >= 0.3 is 71.2 Å². The minimum atomic E-state index is -5.77. The Labute approximate surface area is 293 Å². The number of ether oxygens (including phenoxy) is 2. The molecule has 0 fully saturated rings. The molecule has 11 nitrogen and oxygen atoms in total. The van der Waals surface area contributed by atoms with Gasteiger partial charge in [0.1, 0.15) is 29.4 Å². The molecule has 0 amide bonds. The van der Waals surface area contributed by atoms with Crippen molar-refractivity contribution in [2.45, 2.75) is 24.2 Å². The molecule has 1 atom stereocenters. The van der Waals surface area contributed by atoms with Crippen molar-refractivity contribution in [3.05, 3.63) is 90.0 Å². The fraction of sp³-hybridized carbons (Fsp3) is 0.250. The van der Waals surface area contributed by atoms with Crippen LogP contribution in [0, 0.1) is 11.6 Å². The molecule has 0 unspecified atom stereocenters. The Bertz CT molecular complexity index is 1580. The van der Waals surface area contributed by atoms with Crippen LogP contribution in [0.4, 0.5) is 30.7 Å². The number of phosphoric acid groups is 1. The second-order valence-corrected chi connectivity index (χ2v) is 9.88. The maximum absolute atomic E-state index is 16.5. The SMILES string of the molecule is O=P([O-])([O-])OCO[C@@](Cn1cnnn1)(c1ccc(F)cc1F)C(F)(F)c1ccc(-c2ccc(OCC(F)(F)F)cc2)cn1.[Na+].[Na+]. The first-order valence-corrected chi connectivity index (χ1v) is 13.2. The number of pyridine rings is 1. The topological polar surface area (TPSA) is 147 Å². The molecule has 2 aromatic heterocycles. The maximum Gasteiger partial charge on any atom is 1.00 e. The largest absolute Gasteiger partial charge is 1.00 e. The number of rotatable bonds is 12. The first-order valence-electron chi connectivity index (χ1n) is 11.7. The number of alkyl halides is 5. The summed E-state index contributed by atoms with van der Waals surface area (Å²) in [5, 5.41) is 10.1. The van der Waals surface area contributed by atoms with E-state index in [1.54, 1.807) is 0 Å². The molecule has 2 aromatic carbocycles. The molecular formula is C24H17F7N5Na2O6P. The van der Waals surface area contributed by atoms with E-state index < -0.39 is 68.4 Å². The summed E-state index contributed by atoms with van der Waals surface area (Å²) < 4.78 is 124. The second kappa shape index (κ2) is 15.8. The van der Waals surface area contributed by atoms with Gasteiger partial charge < -0.3 is 28.3 Å². The summed E-state index contributed by atoms with van der Waals surface area (Å²) in [6.45, 7) is -4.25. The number of aromatic nitrogens is 5. The van der Waals surface area contributed by atoms with E-state index in [2.05, 4.69) is 29.8 Å². The van der Waals surface area contributed by atoms with Gasteiger partial charge in [0, 0.05) is 23.4 Å². The number of tetrazole rings is 1. The zero-order valence-corrected chi connectivity index (χ0v) is 28.1. The summed E-state index contributed by atoms with van der Waals surface area (Å²) in [5.41, 5.74) is -4.78. The van der Waals surface area contributed by atoms with E-state index >= 15 is 13.2 Å². The third-order valence-electron chi connectivity index (χ3n) is 5.84. The summed E-state index contributed by atoms with van der Waals surface area (Å²) in [6.07, 6.45) is -2.74. The van der Waals surface area contributed by atoms with E-state index in [0.717, 1.165) is 24.7 Å². The van der Waals surface area contributed by atoms with Gasteiger partial charge in [-0.1, -0.05) is 18.2 Å². The predicted molar refractivity (Wildman–Crippen MR) is 126 cm³/mol. The molecule has 2 heterocycles. The van der Waals surface area contributed by atoms with E-state index in [9.17, 15) is 31.9 Å². The van der Waals surface area contributed by atoms with Crippen molar-refractivity contribution in [2.75, 3.05) is 13.4 Å². The number of phosphoric ester groups is 1. The average molecular weight is 681 g/mol. The normalized spacial score (nSPS) is 13.4. The average Bonchev–Trinajstić information content (AvgIpc) is 3.44. The van der Waals surface area contributed by atoms with E-state index in [4.69, 9.17) is 4.74 Å². The fourth-order valence-corrected chi connectivity index (χ4v) is 4.10. The Morgan fingerprint density at radius 3 is 2.11 bits per heavy atom. The third kappa shape index (κ3) is 10.0. The zero-order valence-electron chi connectivity index (χ0n) is 23.3. The number of nitrogens with zero attached hydrogens (tertiary/aromatic N) is 5. The first kappa shape index (κ1) is 39.2. The van der Waals surface area contributed by atoms with Gasteiger partial charge in [-0.15, -0.1) is 5.10 Å². The van der Waals surface area contributed by atoms with Crippen LogP contribution in [0.25, 0.3) is 11.1 Å². The monoisotopic (exact) mass is 681 g/mol. The quantitative estimate of drug-likeness (QED) is 0.0679. The Morgan fingerprint density at radius 1 is 0.911 bits per heavy atom. The molecule has 4 aromatic rings. The standard InChI is InChI=1S/C24H19F7N5O6P.2Na/c25-17-4-7-19(20(26)9-17)22(11-36-13-33-34-35-36,41-14-42-43(37,38)39)24(30,31)21-8-3-16(10-32-21)15-1-5-18(6-2-15)40-12-23(27,28)29;;/h1-10,13H,11-12,14H2,(H2,37,38,39);;/q;2*+1/p-2/t22-;;/m0../s1. The smallest absolute Gasteiger partial charge is 0.790 e. The van der Waals surface area contributed by atoms with Crippen LogP contribution in [0.15, 0.2) is 67.1 Å². The molecule has 0 aliphatic carbocycles. The van der Waals surface area contributed by atoms with E-state index in [1.165, 1.54) is 24.3 Å². The number of hydrogen-bond donors (Lipinski definition) is 0. The Kier molecular flexibility index (Phi) is 13.7. The molecule has 0 N–H and O–H groups in total. The van der Waals surface area contributed by atoms with Gasteiger partial charge in [0.2, 0.25) is 0 Å². The fourth-order valence-electron chi connectivity index (χ4n) is 3.92. The van der Waals surface area contributed by atoms with Gasteiger partial charge in [-0.25, -0.2) is 13.5 Å². The minimum Gasteiger partial charge on any atom is -0.790 e. The summed E-state index contributed by atoms with van der Waals surface area (Å²) >= 11 is 0. The van der Waals surface area contributed by atoms with Gasteiger partial charge in [-0.3, -0.25) is 4.98 Å². The Balaban J connectivity index is 0.00000353. The van der Waals surface area contributed by atoms with Crippen LogP contribution in [0.2, 0.25) is 0 Å². The van der Waals surface area contributed by atoms with Crippen molar-refractivity contribution >= 4 is 7.82 Å². The van der Waals surface area contributed by atoms with Crippen LogP contribution in [-0.4, -0.2) is 44.8 Å². The summed E-state index contributed by atoms with van der Waals surface area (Å²) in [7, 11) is -5.77. The molecule has 0 radical (unpaired) electrons. The van der Waals surface area contributed by atoms with Crippen LogP contribution in [0.3, 0.4) is 0 Å². The number of halogens is 7. The predicted octanol–water partition coefficient (Wildman–Crippen LogP) is -2.53. The summed E-state index contributed by atoms with van der Waals surface area (Å²) in [6, 6.07) is 8.63. The molecule has 230 valence electrons. The molecule has 0 saturated heterocycles. The third-order valence-corrected chi connectivity index (χ3v) is 6.26. The molecule has 45 heavy (non-hydrogen) atoms. The number of benzene rings is 2. The van der Waals surface area contributed by atoms with E-state index in [0.29, 0.717) is 22.4 Å². The summed E-state index contributed by atoms with van der Waals surface area (Å²) in [4.78, 5) is 25.8. The van der Waals surface area contributed by atoms with Crippen molar-refractivity contribution in [1.29, 1.82) is 0 Å². The molecule has 21 heteroatoms. The number of hydrogen-bond acceptors (Lipinski definition) is 10. The van der Waals surface area contributed by atoms with Gasteiger partial charge in [-0.2, -0.15) is 22.0 Å². The van der Waals surface area contributed by atoms with Crippen molar-refractivity contribution in [3.63, 3.8) is 0 Å². The molecule has 4 rings (SSSR count). The van der Waals surface area contributed by atoms with Crippen LogP contribution < -0.4 is 73.6 Å². The summed E-state index contributed by atoms with van der Waals surface area (Å²) in [5.74, 6) is -7.18. The maximum atomic E-state index is 16.5. The van der Waals surface area contributed by atoms with Gasteiger partial charge in [0.05, 0.1) is 14.4 Å². The van der Waals surface area contributed by atoms with Crippen molar-refractivity contribution in [3.8, 4) is 16.9 Å². The van der Waals surface area contributed by atoms with Crippen LogP contribution in [-0.2, 0) is 31.9 Å². The zero-order chi connectivity index (χ0) is 31.5. The first-order chi connectivity index (χ1) is 20.1. The molecule has 0 spiro atoms. The van der Waals surface area contributed by atoms with E-state index in [1.807, 2.05) is 0 Å². The van der Waals surface area contributed by atoms with Crippen molar-refractivity contribution < 1.29 is 118 Å². The van der Waals surface area contributed by atoms with Gasteiger partial charge in [0.15, 0.2) is 19.0 Å². The molecular weight excluding hydrogens is 664 g/mol. The molecule has 0 saturated carbocycles. The Hall–Kier alpha value is -1.96. The van der Waals surface area contributed by atoms with Crippen LogP contribution in [0.1, 0.15) is 11.3 Å². The molecule has 0 bridgehead atoms. The second-order valence-electron chi connectivity index (χ2n) is 8.73. The van der Waals surface area contributed by atoms with Crippen LogP contribution >= 0.6 is 7.82 Å². The van der Waals surface area contributed by atoms with Gasteiger partial charge in [0.25, 0.3) is 0 Å². The molecule has 0 aliphatic heterocycles. The van der Waals surface area contributed by atoms with E-state index in [-0.39, 0.29) is 76.5 Å². The Morgan fingerprint density at radius 2 is 1.58 bits per heavy atom. The van der Waals surface area contributed by atoms with Crippen LogP contribution in [0.5, 0.6) is 5.75 Å². The van der Waals surface area contributed by atoms with Crippen molar-refractivity contribution in [1.82, 2.24) is 25.2 Å². The minimum absolute atomic E-state index is 0. The van der Waals surface area contributed by atoms with Crippen molar-refractivity contribution in [2.24, 2.45) is 0 Å². The molecule has 0 aliphatic rings.